The van der Waals surface area contributed by atoms with Crippen molar-refractivity contribution in [3.63, 3.8) is 0 Å². The number of rotatable bonds is 5. The molecule has 0 bridgehead atoms. The van der Waals surface area contributed by atoms with Crippen LogP contribution in [0.2, 0.25) is 0 Å². The number of aromatic nitrogens is 2. The Morgan fingerprint density at radius 2 is 1.69 bits per heavy atom. The summed E-state index contributed by atoms with van der Waals surface area (Å²) in [6, 6.07) is 14.3. The summed E-state index contributed by atoms with van der Waals surface area (Å²) in [6.45, 7) is 0. The van der Waals surface area contributed by atoms with Crippen LogP contribution in [0.3, 0.4) is 0 Å². The van der Waals surface area contributed by atoms with Gasteiger partial charge in [0, 0.05) is 18.0 Å². The summed E-state index contributed by atoms with van der Waals surface area (Å²) in [5.74, 6) is -1.53. The van der Waals surface area contributed by atoms with Crippen molar-refractivity contribution in [3.05, 3.63) is 76.2 Å². The van der Waals surface area contributed by atoms with E-state index in [1.54, 1.807) is 54.6 Å². The fraction of sp³-hybridized carbons (Fsp3) is 0.150. The molecule has 9 heteroatoms. The minimum absolute atomic E-state index is 0.270. The van der Waals surface area contributed by atoms with Crippen molar-refractivity contribution < 1.29 is 19.1 Å². The fourth-order valence-electron chi connectivity index (χ4n) is 2.76. The summed E-state index contributed by atoms with van der Waals surface area (Å²) in [6.07, 6.45) is -1.59. The van der Waals surface area contributed by atoms with Crippen LogP contribution in [-0.2, 0) is 20.7 Å². The predicted octanol–water partition coefficient (Wildman–Crippen LogP) is 1.21. The zero-order valence-electron chi connectivity index (χ0n) is 15.5. The molecule has 3 amide bonds. The number of nitrogens with zero attached hydrogens (tertiary/aromatic N) is 1. The maximum Gasteiger partial charge on any atom is 0.321 e. The highest BCUT2D eigenvalue weighted by molar-refractivity contribution is 5.98. The van der Waals surface area contributed by atoms with Gasteiger partial charge in [-0.25, -0.2) is 9.89 Å². The van der Waals surface area contributed by atoms with Crippen LogP contribution in [0.1, 0.15) is 17.4 Å². The molecule has 0 aliphatic carbocycles. The first kappa shape index (κ1) is 19.7. The third-order valence-corrected chi connectivity index (χ3v) is 4.14. The average molecular weight is 394 g/mol. The number of fused-ring (bicyclic) bond motifs is 1. The summed E-state index contributed by atoms with van der Waals surface area (Å²) < 4.78 is 5.36. The van der Waals surface area contributed by atoms with Crippen LogP contribution in [0.25, 0.3) is 10.8 Å². The summed E-state index contributed by atoms with van der Waals surface area (Å²) >= 11 is 0. The molecule has 29 heavy (non-hydrogen) atoms. The van der Waals surface area contributed by atoms with Crippen molar-refractivity contribution in [2.45, 2.75) is 12.5 Å². The lowest BCUT2D eigenvalue weighted by Gasteiger charge is -2.17. The molecule has 9 nitrogen and oxygen atoms in total. The standard InChI is InChI=1S/C20H18N4O5/c1-21-20(28)22-19(27)17(12-7-3-2-4-8-12)29-16(25)11-15-13-9-5-6-10-14(13)18(26)24-23-15/h2-10,17H,11H2,1H3,(H,24,26)(H2,21,22,27,28). The number of nitrogens with one attached hydrogen (secondary N) is 3. The number of urea groups is 1. The molecular formula is C20H18N4O5. The summed E-state index contributed by atoms with van der Waals surface area (Å²) in [4.78, 5) is 48.4. The molecule has 0 saturated carbocycles. The predicted molar refractivity (Wildman–Crippen MR) is 104 cm³/mol. The minimum Gasteiger partial charge on any atom is -0.447 e. The molecule has 0 saturated heterocycles. The highest BCUT2D eigenvalue weighted by Gasteiger charge is 2.27. The van der Waals surface area contributed by atoms with Gasteiger partial charge in [0.1, 0.15) is 0 Å². The van der Waals surface area contributed by atoms with Crippen LogP contribution >= 0.6 is 0 Å². The molecule has 2 aromatic carbocycles. The Labute approximate surface area is 165 Å². The van der Waals surface area contributed by atoms with Crippen molar-refractivity contribution in [3.8, 4) is 0 Å². The number of ether oxygens (including phenoxy) is 1. The lowest BCUT2D eigenvalue weighted by Crippen LogP contribution is -2.41. The Kier molecular flexibility index (Phi) is 5.98. The lowest BCUT2D eigenvalue weighted by molar-refractivity contribution is -0.155. The molecule has 1 atom stereocenters. The Morgan fingerprint density at radius 1 is 1.03 bits per heavy atom. The molecule has 1 heterocycles. The number of aromatic amines is 1. The van der Waals surface area contributed by atoms with Gasteiger partial charge in [-0.3, -0.25) is 19.7 Å². The van der Waals surface area contributed by atoms with Crippen LogP contribution in [0, 0.1) is 0 Å². The maximum atomic E-state index is 12.5. The smallest absolute Gasteiger partial charge is 0.321 e. The van der Waals surface area contributed by atoms with E-state index in [9.17, 15) is 19.2 Å². The fourth-order valence-corrected chi connectivity index (χ4v) is 2.76. The molecule has 0 fully saturated rings. The van der Waals surface area contributed by atoms with Crippen LogP contribution < -0.4 is 16.2 Å². The number of esters is 1. The highest BCUT2D eigenvalue weighted by Crippen LogP contribution is 2.20. The first-order valence-electron chi connectivity index (χ1n) is 8.73. The minimum atomic E-state index is -1.32. The molecule has 1 unspecified atom stereocenters. The van der Waals surface area contributed by atoms with E-state index in [0.717, 1.165) is 0 Å². The lowest BCUT2D eigenvalue weighted by atomic mass is 10.1. The number of hydrogen-bond donors (Lipinski definition) is 3. The number of benzene rings is 2. The van der Waals surface area contributed by atoms with Crippen LogP contribution in [0.5, 0.6) is 0 Å². The second-order valence-corrected chi connectivity index (χ2v) is 6.07. The van der Waals surface area contributed by atoms with Crippen LogP contribution in [0.15, 0.2) is 59.4 Å². The Morgan fingerprint density at radius 3 is 2.38 bits per heavy atom. The highest BCUT2D eigenvalue weighted by atomic mass is 16.5. The van der Waals surface area contributed by atoms with Gasteiger partial charge in [0.2, 0.25) is 6.10 Å². The molecule has 3 aromatic rings. The van der Waals surface area contributed by atoms with E-state index < -0.39 is 24.0 Å². The van der Waals surface area contributed by atoms with Crippen molar-refractivity contribution >= 4 is 28.7 Å². The van der Waals surface area contributed by atoms with Crippen molar-refractivity contribution in [2.75, 3.05) is 7.05 Å². The molecule has 0 aliphatic rings. The number of carbonyl (C=O) groups excluding carboxylic acids is 3. The summed E-state index contributed by atoms with van der Waals surface area (Å²) in [5.41, 5.74) is 0.343. The number of hydrogen-bond acceptors (Lipinski definition) is 6. The molecular weight excluding hydrogens is 376 g/mol. The largest absolute Gasteiger partial charge is 0.447 e. The first-order valence-corrected chi connectivity index (χ1v) is 8.73. The van der Waals surface area contributed by atoms with E-state index in [4.69, 9.17) is 4.74 Å². The second kappa shape index (κ2) is 8.79. The van der Waals surface area contributed by atoms with E-state index >= 15 is 0 Å². The summed E-state index contributed by atoms with van der Waals surface area (Å²) in [5, 5.41) is 11.5. The van der Waals surface area contributed by atoms with Crippen LogP contribution in [0.4, 0.5) is 4.79 Å². The topological polar surface area (TPSA) is 130 Å². The number of H-pyrrole nitrogens is 1. The molecule has 3 rings (SSSR count). The number of imide groups is 1. The molecule has 0 radical (unpaired) electrons. The zero-order valence-corrected chi connectivity index (χ0v) is 15.5. The van der Waals surface area contributed by atoms with Gasteiger partial charge >= 0.3 is 12.0 Å². The number of amides is 3. The normalized spacial score (nSPS) is 11.5. The van der Waals surface area contributed by atoms with E-state index in [0.29, 0.717) is 22.0 Å². The SMILES string of the molecule is CNC(=O)NC(=O)C(OC(=O)Cc1n[nH]c(=O)c2ccccc12)c1ccccc1. The monoisotopic (exact) mass is 394 g/mol. The van der Waals surface area contributed by atoms with E-state index in [1.165, 1.54) is 7.05 Å². The Hall–Kier alpha value is -4.01. The molecule has 0 aliphatic heterocycles. The molecule has 148 valence electrons. The van der Waals surface area contributed by atoms with Gasteiger partial charge in [-0.1, -0.05) is 48.5 Å². The number of carbonyl (C=O) groups is 3. The van der Waals surface area contributed by atoms with E-state index in [2.05, 4.69) is 20.8 Å². The third-order valence-electron chi connectivity index (χ3n) is 4.14. The van der Waals surface area contributed by atoms with Gasteiger partial charge in [0.05, 0.1) is 17.5 Å². The molecule has 1 aromatic heterocycles. The van der Waals surface area contributed by atoms with E-state index in [-0.39, 0.29) is 12.0 Å². The van der Waals surface area contributed by atoms with Crippen LogP contribution in [-0.4, -0.2) is 35.2 Å². The second-order valence-electron chi connectivity index (χ2n) is 6.07. The zero-order chi connectivity index (χ0) is 20.8. The van der Waals surface area contributed by atoms with Gasteiger partial charge in [-0.05, 0) is 6.07 Å². The van der Waals surface area contributed by atoms with Crippen molar-refractivity contribution in [1.82, 2.24) is 20.8 Å². The van der Waals surface area contributed by atoms with Crippen molar-refractivity contribution in [2.24, 2.45) is 0 Å². The molecule has 3 N–H and O–H groups in total. The average Bonchev–Trinajstić information content (AvgIpc) is 2.74. The van der Waals surface area contributed by atoms with Gasteiger partial charge in [0.15, 0.2) is 0 Å². The molecule has 0 spiro atoms. The summed E-state index contributed by atoms with van der Waals surface area (Å²) in [7, 11) is 1.36. The van der Waals surface area contributed by atoms with Gasteiger partial charge in [-0.15, -0.1) is 0 Å². The first-order chi connectivity index (χ1) is 14.0. The van der Waals surface area contributed by atoms with Gasteiger partial charge in [0.25, 0.3) is 11.5 Å². The Balaban J connectivity index is 1.84. The van der Waals surface area contributed by atoms with E-state index in [1.807, 2.05) is 0 Å². The van der Waals surface area contributed by atoms with Crippen molar-refractivity contribution in [1.29, 1.82) is 0 Å². The van der Waals surface area contributed by atoms with Gasteiger partial charge < -0.3 is 10.1 Å². The maximum absolute atomic E-state index is 12.5. The third kappa shape index (κ3) is 4.64. The quantitative estimate of drug-likeness (QED) is 0.558. The Bertz CT molecular complexity index is 1110. The van der Waals surface area contributed by atoms with Gasteiger partial charge in [-0.2, -0.15) is 5.10 Å².